The Hall–Kier alpha value is -2.36. The number of aryl methyl sites for hydroxylation is 1. The van der Waals surface area contributed by atoms with Crippen LogP contribution in [0.4, 0.5) is 0 Å². The zero-order valence-electron chi connectivity index (χ0n) is 12.1. The molecule has 1 saturated heterocycles. The molecule has 2 heterocycles. The van der Waals surface area contributed by atoms with E-state index in [0.29, 0.717) is 12.0 Å². The fourth-order valence-corrected chi connectivity index (χ4v) is 2.63. The molecule has 0 spiro atoms. The largest absolute Gasteiger partial charge is 0.454 e. The molecule has 1 unspecified atom stereocenters. The average Bonchev–Trinajstić information content (AvgIpc) is 3.07. The third-order valence-electron chi connectivity index (χ3n) is 3.67. The fourth-order valence-electron chi connectivity index (χ4n) is 2.63. The minimum absolute atomic E-state index is 0.240. The Bertz CT molecular complexity index is 672. The second-order valence-corrected chi connectivity index (χ2v) is 5.28. The summed E-state index contributed by atoms with van der Waals surface area (Å²) in [6.45, 7) is 6.77. The van der Waals surface area contributed by atoms with E-state index >= 15 is 0 Å². The molecule has 3 rings (SSSR count). The molecular weight excluding hydrogens is 264 g/mol. The molecule has 2 aromatic rings. The number of aromatic nitrogens is 2. The summed E-state index contributed by atoms with van der Waals surface area (Å²) in [7, 11) is 0. The summed E-state index contributed by atoms with van der Waals surface area (Å²) in [5.41, 5.74) is 3.66. The lowest BCUT2D eigenvalue weighted by Gasteiger charge is -2.13. The van der Waals surface area contributed by atoms with Gasteiger partial charge in [0.05, 0.1) is 6.20 Å². The Balaban J connectivity index is 1.95. The van der Waals surface area contributed by atoms with Crippen molar-refractivity contribution in [2.45, 2.75) is 32.4 Å². The summed E-state index contributed by atoms with van der Waals surface area (Å²) >= 11 is 0. The van der Waals surface area contributed by atoms with Crippen LogP contribution >= 0.6 is 0 Å². The second kappa shape index (κ2) is 5.56. The Labute approximate surface area is 124 Å². The molecule has 21 heavy (non-hydrogen) atoms. The summed E-state index contributed by atoms with van der Waals surface area (Å²) in [5.74, 6) is -0.295. The first kappa shape index (κ1) is 13.6. The van der Waals surface area contributed by atoms with Gasteiger partial charge in [-0.25, -0.2) is 4.79 Å². The summed E-state index contributed by atoms with van der Waals surface area (Å²) in [5, 5.41) is 4.37. The molecule has 1 aliphatic heterocycles. The van der Waals surface area contributed by atoms with Crippen molar-refractivity contribution in [3.63, 3.8) is 0 Å². The van der Waals surface area contributed by atoms with Gasteiger partial charge in [-0.15, -0.1) is 0 Å². The van der Waals surface area contributed by atoms with E-state index in [-0.39, 0.29) is 12.1 Å². The number of ether oxygens (including phenoxy) is 1. The van der Waals surface area contributed by atoms with Gasteiger partial charge < -0.3 is 4.74 Å². The first-order chi connectivity index (χ1) is 10.2. The highest BCUT2D eigenvalue weighted by molar-refractivity contribution is 5.90. The maximum atomic E-state index is 11.6. The van der Waals surface area contributed by atoms with Crippen molar-refractivity contribution in [3.8, 4) is 11.1 Å². The van der Waals surface area contributed by atoms with Crippen LogP contribution < -0.4 is 0 Å². The van der Waals surface area contributed by atoms with E-state index in [1.807, 2.05) is 41.3 Å². The van der Waals surface area contributed by atoms with Crippen LogP contribution in [0.15, 0.2) is 48.8 Å². The highest BCUT2D eigenvalue weighted by Gasteiger charge is 2.30. The Morgan fingerprint density at radius 1 is 1.43 bits per heavy atom. The molecule has 0 bridgehead atoms. The van der Waals surface area contributed by atoms with Crippen LogP contribution in [0.25, 0.3) is 11.1 Å². The van der Waals surface area contributed by atoms with Gasteiger partial charge in [0.1, 0.15) is 6.10 Å². The Morgan fingerprint density at radius 3 is 2.95 bits per heavy atom. The van der Waals surface area contributed by atoms with Gasteiger partial charge in [0.15, 0.2) is 0 Å². The van der Waals surface area contributed by atoms with Gasteiger partial charge in [-0.1, -0.05) is 37.8 Å². The number of esters is 1. The lowest BCUT2D eigenvalue weighted by atomic mass is 9.96. The predicted octanol–water partition coefficient (Wildman–Crippen LogP) is 3.50. The van der Waals surface area contributed by atoms with Gasteiger partial charge in [0.2, 0.25) is 0 Å². The number of rotatable bonds is 4. The van der Waals surface area contributed by atoms with E-state index in [2.05, 4.69) is 18.6 Å². The van der Waals surface area contributed by atoms with Crippen LogP contribution in [0.2, 0.25) is 0 Å². The normalized spacial score (nSPS) is 18.0. The first-order valence-electron chi connectivity index (χ1n) is 7.19. The third-order valence-corrected chi connectivity index (χ3v) is 3.67. The number of carbonyl (C=O) groups excluding carboxylic acids is 1. The van der Waals surface area contributed by atoms with Crippen molar-refractivity contribution in [2.24, 2.45) is 0 Å². The summed E-state index contributed by atoms with van der Waals surface area (Å²) < 4.78 is 7.35. The highest BCUT2D eigenvalue weighted by Crippen LogP contribution is 2.37. The molecule has 1 atom stereocenters. The maximum absolute atomic E-state index is 11.6. The van der Waals surface area contributed by atoms with E-state index in [0.717, 1.165) is 29.7 Å². The monoisotopic (exact) mass is 282 g/mol. The maximum Gasteiger partial charge on any atom is 0.334 e. The van der Waals surface area contributed by atoms with E-state index in [4.69, 9.17) is 4.74 Å². The average molecular weight is 282 g/mol. The smallest absolute Gasteiger partial charge is 0.334 e. The highest BCUT2D eigenvalue weighted by atomic mass is 16.5. The summed E-state index contributed by atoms with van der Waals surface area (Å²) in [4.78, 5) is 11.6. The molecule has 4 heteroatoms. The van der Waals surface area contributed by atoms with Crippen molar-refractivity contribution in [1.82, 2.24) is 9.78 Å². The lowest BCUT2D eigenvalue weighted by molar-refractivity contribution is -0.139. The number of hydrogen-bond donors (Lipinski definition) is 0. The second-order valence-electron chi connectivity index (χ2n) is 5.28. The van der Waals surface area contributed by atoms with Gasteiger partial charge in [0, 0.05) is 35.9 Å². The van der Waals surface area contributed by atoms with Crippen molar-refractivity contribution < 1.29 is 9.53 Å². The molecule has 0 amide bonds. The predicted molar refractivity (Wildman–Crippen MR) is 80.5 cm³/mol. The third kappa shape index (κ3) is 2.61. The topological polar surface area (TPSA) is 44.1 Å². The zero-order chi connectivity index (χ0) is 14.8. The summed E-state index contributed by atoms with van der Waals surface area (Å²) in [6, 6.07) is 7.99. The van der Waals surface area contributed by atoms with Crippen molar-refractivity contribution >= 4 is 5.97 Å². The van der Waals surface area contributed by atoms with E-state index in [1.54, 1.807) is 0 Å². The zero-order valence-corrected chi connectivity index (χ0v) is 12.1. The van der Waals surface area contributed by atoms with Crippen molar-refractivity contribution in [2.75, 3.05) is 0 Å². The van der Waals surface area contributed by atoms with E-state index in [1.165, 1.54) is 0 Å². The quantitative estimate of drug-likeness (QED) is 0.636. The molecule has 0 aliphatic carbocycles. The number of nitrogens with zero attached hydrogens (tertiary/aromatic N) is 2. The molecule has 4 nitrogen and oxygen atoms in total. The number of cyclic esters (lactones) is 1. The molecule has 108 valence electrons. The van der Waals surface area contributed by atoms with Crippen LogP contribution in [0.5, 0.6) is 0 Å². The molecule has 1 fully saturated rings. The van der Waals surface area contributed by atoms with Gasteiger partial charge in [-0.2, -0.15) is 5.10 Å². The van der Waals surface area contributed by atoms with Gasteiger partial charge in [0.25, 0.3) is 0 Å². The van der Waals surface area contributed by atoms with Crippen LogP contribution in [0.1, 0.15) is 31.4 Å². The molecule has 0 saturated carbocycles. The molecule has 0 radical (unpaired) electrons. The minimum atomic E-state index is -0.295. The molecule has 0 N–H and O–H groups in total. The van der Waals surface area contributed by atoms with E-state index < -0.39 is 0 Å². The fraction of sp³-hybridized carbons (Fsp3) is 0.294. The van der Waals surface area contributed by atoms with Crippen LogP contribution in [0, 0.1) is 0 Å². The number of benzene rings is 1. The minimum Gasteiger partial charge on any atom is -0.454 e. The van der Waals surface area contributed by atoms with Gasteiger partial charge in [-0.05, 0) is 12.0 Å². The van der Waals surface area contributed by atoms with Crippen molar-refractivity contribution in [1.29, 1.82) is 0 Å². The van der Waals surface area contributed by atoms with Gasteiger partial charge in [-0.3, -0.25) is 4.68 Å². The summed E-state index contributed by atoms with van der Waals surface area (Å²) in [6.07, 6.45) is 5.26. The number of carbonyl (C=O) groups is 1. The standard InChI is InChI=1S/C17H18N2O2/c1-3-8-19-11-13(10-18-19)14-6-4-5-7-15(14)16-9-12(2)17(20)21-16/h4-7,10-11,16H,2-3,8-9H2,1H3. The molecule has 1 aliphatic rings. The van der Waals surface area contributed by atoms with E-state index in [9.17, 15) is 4.79 Å². The first-order valence-corrected chi connectivity index (χ1v) is 7.19. The van der Waals surface area contributed by atoms with Crippen LogP contribution in [-0.2, 0) is 16.1 Å². The Kier molecular flexibility index (Phi) is 3.60. The van der Waals surface area contributed by atoms with Crippen LogP contribution in [0.3, 0.4) is 0 Å². The lowest BCUT2D eigenvalue weighted by Crippen LogP contribution is -2.00. The van der Waals surface area contributed by atoms with Crippen LogP contribution in [-0.4, -0.2) is 15.7 Å². The number of hydrogen-bond acceptors (Lipinski definition) is 3. The Morgan fingerprint density at radius 2 is 2.24 bits per heavy atom. The molecule has 1 aromatic heterocycles. The molecular formula is C17H18N2O2. The SMILES string of the molecule is C=C1CC(c2ccccc2-c2cnn(CCC)c2)OC1=O. The van der Waals surface area contributed by atoms with Crippen molar-refractivity contribution in [3.05, 3.63) is 54.4 Å². The van der Waals surface area contributed by atoms with Gasteiger partial charge >= 0.3 is 5.97 Å². The molecule has 1 aromatic carbocycles.